The van der Waals surface area contributed by atoms with Crippen LogP contribution in [-0.2, 0) is 0 Å². The number of H-pyrrole nitrogens is 1. The second kappa shape index (κ2) is 6.76. The number of nitrogens with one attached hydrogen (secondary N) is 1. The Balaban J connectivity index is 1.81. The van der Waals surface area contributed by atoms with E-state index in [1.54, 1.807) is 30.3 Å². The van der Waals surface area contributed by atoms with Crippen LogP contribution in [0.4, 0.5) is 0 Å². The Bertz CT molecular complexity index is 929. The minimum atomic E-state index is -0.157. The number of hydrogen-bond acceptors (Lipinski definition) is 3. The van der Waals surface area contributed by atoms with Gasteiger partial charge in [-0.25, -0.2) is 4.98 Å². The summed E-state index contributed by atoms with van der Waals surface area (Å²) in [6.07, 6.45) is 3.22. The Kier molecular flexibility index (Phi) is 4.35. The van der Waals surface area contributed by atoms with E-state index in [-0.39, 0.29) is 5.78 Å². The molecule has 24 heavy (non-hydrogen) atoms. The molecule has 2 aromatic carbocycles. The highest BCUT2D eigenvalue weighted by Gasteiger charge is 2.13. The molecule has 1 heterocycles. The van der Waals surface area contributed by atoms with Gasteiger partial charge in [0.1, 0.15) is 11.5 Å². The molecule has 1 aromatic heterocycles. The second-order valence-corrected chi connectivity index (χ2v) is 5.36. The number of carbonyl (C=O) groups excluding carboxylic acids is 1. The average molecular weight is 313 g/mol. The first-order chi connectivity index (χ1) is 11.7. The quantitative estimate of drug-likeness (QED) is 0.581. The third-order valence-electron chi connectivity index (χ3n) is 3.63. The van der Waals surface area contributed by atoms with E-state index in [2.05, 4.69) is 16.0 Å². The van der Waals surface area contributed by atoms with Crippen molar-refractivity contribution in [1.29, 1.82) is 5.26 Å². The van der Waals surface area contributed by atoms with Crippen LogP contribution in [0.25, 0.3) is 17.5 Å². The molecule has 0 unspecified atom stereocenters. The van der Waals surface area contributed by atoms with Crippen LogP contribution in [0.2, 0.25) is 0 Å². The first-order valence-electron chi connectivity index (χ1n) is 7.52. The standard InChI is InChI=1S/C20H15N3O/c1-14-19(23-20(22-14)17-5-3-2-4-6-17)18(24)12-11-15-7-9-16(13-21)10-8-15/h2-12H,1H3,(H,22,23). The monoisotopic (exact) mass is 313 g/mol. The van der Waals surface area contributed by atoms with Gasteiger partial charge < -0.3 is 4.98 Å². The maximum Gasteiger partial charge on any atom is 0.206 e. The SMILES string of the molecule is Cc1[nH]c(-c2ccccc2)nc1C(=O)C=Cc1ccc(C#N)cc1. The Labute approximate surface area is 140 Å². The number of ketones is 1. The van der Waals surface area contributed by atoms with Gasteiger partial charge in [0, 0.05) is 11.3 Å². The zero-order chi connectivity index (χ0) is 16.9. The summed E-state index contributed by atoms with van der Waals surface area (Å²) in [6, 6.07) is 18.8. The minimum absolute atomic E-state index is 0.157. The number of aromatic amines is 1. The maximum atomic E-state index is 12.4. The van der Waals surface area contributed by atoms with E-state index < -0.39 is 0 Å². The van der Waals surface area contributed by atoms with Crippen molar-refractivity contribution in [3.05, 3.63) is 83.2 Å². The normalized spacial score (nSPS) is 10.7. The smallest absolute Gasteiger partial charge is 0.206 e. The van der Waals surface area contributed by atoms with Crippen LogP contribution in [-0.4, -0.2) is 15.8 Å². The van der Waals surface area contributed by atoms with Crippen molar-refractivity contribution < 1.29 is 4.79 Å². The number of aromatic nitrogens is 2. The van der Waals surface area contributed by atoms with Crippen molar-refractivity contribution in [3.8, 4) is 17.5 Å². The molecule has 4 nitrogen and oxygen atoms in total. The summed E-state index contributed by atoms with van der Waals surface area (Å²) in [6.45, 7) is 1.84. The van der Waals surface area contributed by atoms with Gasteiger partial charge in [-0.15, -0.1) is 0 Å². The third-order valence-corrected chi connectivity index (χ3v) is 3.63. The van der Waals surface area contributed by atoms with Gasteiger partial charge in [-0.2, -0.15) is 5.26 Å². The lowest BCUT2D eigenvalue weighted by molar-refractivity contribution is 0.104. The summed E-state index contributed by atoms with van der Waals surface area (Å²) >= 11 is 0. The van der Waals surface area contributed by atoms with Crippen molar-refractivity contribution >= 4 is 11.9 Å². The number of hydrogen-bond donors (Lipinski definition) is 1. The van der Waals surface area contributed by atoms with Gasteiger partial charge in [-0.05, 0) is 30.7 Å². The molecule has 3 aromatic rings. The van der Waals surface area contributed by atoms with Crippen LogP contribution < -0.4 is 0 Å². The predicted molar refractivity (Wildman–Crippen MR) is 93.3 cm³/mol. The lowest BCUT2D eigenvalue weighted by atomic mass is 10.1. The van der Waals surface area contributed by atoms with Crippen molar-refractivity contribution in [2.45, 2.75) is 6.92 Å². The summed E-state index contributed by atoms with van der Waals surface area (Å²) in [7, 11) is 0. The van der Waals surface area contributed by atoms with Gasteiger partial charge >= 0.3 is 0 Å². The van der Waals surface area contributed by atoms with Crippen LogP contribution in [0.15, 0.2) is 60.7 Å². The van der Waals surface area contributed by atoms with Gasteiger partial charge in [0.25, 0.3) is 0 Å². The van der Waals surface area contributed by atoms with Crippen molar-refractivity contribution in [2.75, 3.05) is 0 Å². The molecule has 0 saturated carbocycles. The summed E-state index contributed by atoms with van der Waals surface area (Å²) in [5.74, 6) is 0.526. The number of carbonyl (C=O) groups is 1. The highest BCUT2D eigenvalue weighted by molar-refractivity contribution is 6.06. The molecule has 0 spiro atoms. The van der Waals surface area contributed by atoms with Gasteiger partial charge in [0.2, 0.25) is 5.78 Å². The van der Waals surface area contributed by atoms with Crippen molar-refractivity contribution in [3.63, 3.8) is 0 Å². The van der Waals surface area contributed by atoms with E-state index in [0.717, 1.165) is 16.8 Å². The predicted octanol–water partition coefficient (Wildman–Crippen LogP) is 4.15. The first-order valence-corrected chi connectivity index (χ1v) is 7.52. The van der Waals surface area contributed by atoms with E-state index in [1.165, 1.54) is 6.08 Å². The van der Waals surface area contributed by atoms with Crippen molar-refractivity contribution in [1.82, 2.24) is 9.97 Å². The fraction of sp³-hybridized carbons (Fsp3) is 0.0500. The molecule has 0 atom stereocenters. The van der Waals surface area contributed by atoms with E-state index in [4.69, 9.17) is 5.26 Å². The lowest BCUT2D eigenvalue weighted by Gasteiger charge is -1.94. The van der Waals surface area contributed by atoms with Crippen LogP contribution in [0.3, 0.4) is 0 Å². The summed E-state index contributed by atoms with van der Waals surface area (Å²) in [5.41, 5.74) is 3.55. The van der Waals surface area contributed by atoms with Gasteiger partial charge in [0.15, 0.2) is 0 Å². The zero-order valence-electron chi connectivity index (χ0n) is 13.2. The number of imidazole rings is 1. The van der Waals surface area contributed by atoms with Crippen LogP contribution in [0.1, 0.15) is 27.3 Å². The number of rotatable bonds is 4. The fourth-order valence-corrected chi connectivity index (χ4v) is 2.35. The molecule has 0 fully saturated rings. The molecule has 3 rings (SSSR count). The van der Waals surface area contributed by atoms with E-state index in [9.17, 15) is 4.79 Å². The fourth-order valence-electron chi connectivity index (χ4n) is 2.35. The van der Waals surface area contributed by atoms with E-state index >= 15 is 0 Å². The summed E-state index contributed by atoms with van der Waals surface area (Å²) in [4.78, 5) is 20.0. The minimum Gasteiger partial charge on any atom is -0.341 e. The molecule has 116 valence electrons. The molecule has 0 amide bonds. The zero-order valence-corrected chi connectivity index (χ0v) is 13.2. The first kappa shape index (κ1) is 15.4. The molecule has 0 aliphatic carbocycles. The number of nitrogens with zero attached hydrogens (tertiary/aromatic N) is 2. The molecule has 0 saturated heterocycles. The van der Waals surface area contributed by atoms with Gasteiger partial charge in [-0.1, -0.05) is 48.5 Å². The molecular formula is C20H15N3O. The molecule has 1 N–H and O–H groups in total. The largest absolute Gasteiger partial charge is 0.341 e. The molecule has 0 radical (unpaired) electrons. The molecule has 0 aliphatic rings. The topological polar surface area (TPSA) is 69.5 Å². The lowest BCUT2D eigenvalue weighted by Crippen LogP contribution is -1.97. The second-order valence-electron chi connectivity index (χ2n) is 5.36. The molecule has 4 heteroatoms. The number of benzene rings is 2. The molecule has 0 aliphatic heterocycles. The van der Waals surface area contributed by atoms with Gasteiger partial charge in [0.05, 0.1) is 11.6 Å². The highest BCUT2D eigenvalue weighted by Crippen LogP contribution is 2.18. The number of nitriles is 1. The average Bonchev–Trinajstić information content (AvgIpc) is 3.03. The van der Waals surface area contributed by atoms with Crippen LogP contribution >= 0.6 is 0 Å². The van der Waals surface area contributed by atoms with Crippen molar-refractivity contribution in [2.24, 2.45) is 0 Å². The Morgan fingerprint density at radius 1 is 1.12 bits per heavy atom. The van der Waals surface area contributed by atoms with Gasteiger partial charge in [-0.3, -0.25) is 4.79 Å². The third kappa shape index (κ3) is 3.31. The highest BCUT2D eigenvalue weighted by atomic mass is 16.1. The van der Waals surface area contributed by atoms with E-state index in [0.29, 0.717) is 17.1 Å². The molecule has 0 bridgehead atoms. The van der Waals surface area contributed by atoms with Crippen LogP contribution in [0, 0.1) is 18.3 Å². The Hall–Kier alpha value is -3.45. The summed E-state index contributed by atoms with van der Waals surface area (Å²) < 4.78 is 0. The number of allylic oxidation sites excluding steroid dienone is 1. The van der Waals surface area contributed by atoms with E-state index in [1.807, 2.05) is 37.3 Å². The number of aryl methyl sites for hydroxylation is 1. The Morgan fingerprint density at radius 2 is 1.83 bits per heavy atom. The molecular weight excluding hydrogens is 298 g/mol. The summed E-state index contributed by atoms with van der Waals surface area (Å²) in [5, 5.41) is 8.79. The Morgan fingerprint density at radius 3 is 2.50 bits per heavy atom. The maximum absolute atomic E-state index is 12.4. The van der Waals surface area contributed by atoms with Crippen LogP contribution in [0.5, 0.6) is 0 Å².